The predicted octanol–water partition coefficient (Wildman–Crippen LogP) is 2.53. The molecule has 0 saturated heterocycles. The van der Waals surface area contributed by atoms with Crippen LogP contribution in [0.15, 0.2) is 24.3 Å². The molecule has 3 amide bonds. The van der Waals surface area contributed by atoms with E-state index in [4.69, 9.17) is 0 Å². The average Bonchev–Trinajstić information content (AvgIpc) is 2.93. The molecule has 0 spiro atoms. The Labute approximate surface area is 145 Å². The van der Waals surface area contributed by atoms with Crippen LogP contribution in [0.5, 0.6) is 0 Å². The largest absolute Gasteiger partial charge is 0.326 e. The lowest BCUT2D eigenvalue weighted by Crippen LogP contribution is -2.15. The van der Waals surface area contributed by atoms with Crippen molar-refractivity contribution in [3.05, 3.63) is 35.5 Å². The van der Waals surface area contributed by atoms with E-state index in [1.54, 1.807) is 12.1 Å². The van der Waals surface area contributed by atoms with E-state index in [0.717, 1.165) is 18.5 Å². The molecule has 0 radical (unpaired) electrons. The number of anilines is 3. The van der Waals surface area contributed by atoms with Crippen LogP contribution >= 0.6 is 0 Å². The second kappa shape index (κ2) is 8.09. The molecule has 1 heterocycles. The molecule has 2 rings (SSSR count). The first-order chi connectivity index (χ1) is 11.9. The number of aromatic amines is 1. The Kier molecular flexibility index (Phi) is 5.89. The number of nitrogens with zero attached hydrogens (tertiary/aromatic N) is 1. The van der Waals surface area contributed by atoms with Crippen molar-refractivity contribution in [2.75, 3.05) is 16.0 Å². The Morgan fingerprint density at radius 2 is 1.56 bits per heavy atom. The van der Waals surface area contributed by atoms with Gasteiger partial charge in [0.25, 0.3) is 5.91 Å². The van der Waals surface area contributed by atoms with Crippen LogP contribution < -0.4 is 16.0 Å². The van der Waals surface area contributed by atoms with Gasteiger partial charge in [0.15, 0.2) is 5.82 Å². The zero-order chi connectivity index (χ0) is 18.4. The van der Waals surface area contributed by atoms with Crippen molar-refractivity contribution in [1.29, 1.82) is 0 Å². The van der Waals surface area contributed by atoms with E-state index in [9.17, 15) is 14.4 Å². The molecule has 0 aliphatic rings. The first kappa shape index (κ1) is 18.2. The van der Waals surface area contributed by atoms with Crippen LogP contribution in [0, 0.1) is 0 Å². The number of aromatic nitrogens is 2. The maximum Gasteiger partial charge on any atom is 0.257 e. The van der Waals surface area contributed by atoms with Crippen molar-refractivity contribution in [2.45, 2.75) is 33.6 Å². The smallest absolute Gasteiger partial charge is 0.257 e. The van der Waals surface area contributed by atoms with Gasteiger partial charge in [-0.3, -0.25) is 19.5 Å². The zero-order valence-corrected chi connectivity index (χ0v) is 14.4. The summed E-state index contributed by atoms with van der Waals surface area (Å²) in [5.74, 6) is -0.529. The van der Waals surface area contributed by atoms with Crippen molar-refractivity contribution in [2.24, 2.45) is 0 Å². The molecule has 1 aromatic carbocycles. The summed E-state index contributed by atoms with van der Waals surface area (Å²) in [6, 6.07) is 6.41. The van der Waals surface area contributed by atoms with E-state index < -0.39 is 5.91 Å². The Balaban J connectivity index is 2.23. The molecule has 2 aromatic rings. The average molecular weight is 343 g/mol. The number of carbonyl (C=O) groups is 3. The van der Waals surface area contributed by atoms with Crippen LogP contribution in [0.3, 0.4) is 0 Å². The van der Waals surface area contributed by atoms with Crippen LogP contribution in [-0.2, 0) is 16.0 Å². The van der Waals surface area contributed by atoms with Crippen LogP contribution in [0.2, 0.25) is 0 Å². The quantitative estimate of drug-likeness (QED) is 0.645. The van der Waals surface area contributed by atoms with E-state index in [1.165, 1.54) is 26.0 Å². The third-order valence-corrected chi connectivity index (χ3v) is 3.23. The minimum absolute atomic E-state index is 0.275. The van der Waals surface area contributed by atoms with Gasteiger partial charge in [-0.1, -0.05) is 13.3 Å². The van der Waals surface area contributed by atoms with E-state index in [0.29, 0.717) is 17.2 Å². The lowest BCUT2D eigenvalue weighted by Gasteiger charge is -2.10. The van der Waals surface area contributed by atoms with Crippen molar-refractivity contribution in [3.63, 3.8) is 0 Å². The van der Waals surface area contributed by atoms with Crippen LogP contribution in [0.1, 0.15) is 43.2 Å². The Hall–Kier alpha value is -3.16. The number of nitrogens with one attached hydrogen (secondary N) is 4. The molecule has 1 aromatic heterocycles. The molecule has 8 nitrogen and oxygen atoms in total. The monoisotopic (exact) mass is 343 g/mol. The maximum atomic E-state index is 12.5. The van der Waals surface area contributed by atoms with Gasteiger partial charge in [0.2, 0.25) is 11.8 Å². The fraction of sp³-hybridized carbons (Fsp3) is 0.294. The van der Waals surface area contributed by atoms with Gasteiger partial charge in [-0.15, -0.1) is 0 Å². The number of aryl methyl sites for hydroxylation is 1. The first-order valence-corrected chi connectivity index (χ1v) is 7.93. The molecule has 4 N–H and O–H groups in total. The minimum atomic E-state index is -0.395. The lowest BCUT2D eigenvalue weighted by atomic mass is 10.1. The fourth-order valence-electron chi connectivity index (χ4n) is 2.32. The molecule has 0 aliphatic carbocycles. The number of hydrogen-bond donors (Lipinski definition) is 4. The van der Waals surface area contributed by atoms with Gasteiger partial charge < -0.3 is 16.0 Å². The summed E-state index contributed by atoms with van der Waals surface area (Å²) < 4.78 is 0. The van der Waals surface area contributed by atoms with Gasteiger partial charge in [0, 0.05) is 42.5 Å². The molecule has 0 bridgehead atoms. The molecule has 0 fully saturated rings. The Morgan fingerprint density at radius 3 is 2.08 bits per heavy atom. The molecule has 8 heteroatoms. The summed E-state index contributed by atoms with van der Waals surface area (Å²) in [7, 11) is 0. The SMILES string of the molecule is CCCc1cc(NC(=O)c2cc(NC(C)=O)cc(NC(C)=O)c2)n[nH]1. The highest BCUT2D eigenvalue weighted by molar-refractivity contribution is 6.06. The normalized spacial score (nSPS) is 10.2. The van der Waals surface area contributed by atoms with E-state index in [1.807, 2.05) is 0 Å². The third-order valence-electron chi connectivity index (χ3n) is 3.23. The molecule has 25 heavy (non-hydrogen) atoms. The number of benzene rings is 1. The van der Waals surface area contributed by atoms with Gasteiger partial charge in [0.05, 0.1) is 0 Å². The standard InChI is InChI=1S/C17H21N5O3/c1-4-5-13-9-16(22-21-13)20-17(25)12-6-14(18-10(2)23)8-15(7-12)19-11(3)24/h6-9H,4-5H2,1-3H3,(H,18,23)(H,19,24)(H2,20,21,22,25). The maximum absolute atomic E-state index is 12.5. The number of hydrogen-bond acceptors (Lipinski definition) is 4. The van der Waals surface area contributed by atoms with Crippen LogP contribution in [-0.4, -0.2) is 27.9 Å². The van der Waals surface area contributed by atoms with Crippen LogP contribution in [0.25, 0.3) is 0 Å². The first-order valence-electron chi connectivity index (χ1n) is 7.93. The fourth-order valence-corrected chi connectivity index (χ4v) is 2.32. The molecule has 0 saturated carbocycles. The van der Waals surface area contributed by atoms with Crippen molar-refractivity contribution >= 4 is 34.9 Å². The highest BCUT2D eigenvalue weighted by Crippen LogP contribution is 2.20. The minimum Gasteiger partial charge on any atom is -0.326 e. The zero-order valence-electron chi connectivity index (χ0n) is 14.4. The summed E-state index contributed by atoms with van der Waals surface area (Å²) in [5.41, 5.74) is 2.05. The summed E-state index contributed by atoms with van der Waals surface area (Å²) in [4.78, 5) is 35.0. The van der Waals surface area contributed by atoms with Gasteiger partial charge >= 0.3 is 0 Å². The van der Waals surface area contributed by atoms with Crippen molar-refractivity contribution in [3.8, 4) is 0 Å². The van der Waals surface area contributed by atoms with Crippen molar-refractivity contribution in [1.82, 2.24) is 10.2 Å². The number of H-pyrrole nitrogens is 1. The molecule has 0 unspecified atom stereocenters. The number of rotatable bonds is 6. The molecule has 132 valence electrons. The second-order valence-electron chi connectivity index (χ2n) is 5.64. The lowest BCUT2D eigenvalue weighted by molar-refractivity contribution is -0.115. The highest BCUT2D eigenvalue weighted by atomic mass is 16.2. The highest BCUT2D eigenvalue weighted by Gasteiger charge is 2.12. The number of carbonyl (C=O) groups excluding carboxylic acids is 3. The topological polar surface area (TPSA) is 116 Å². The van der Waals surface area contributed by atoms with E-state index in [2.05, 4.69) is 33.1 Å². The predicted molar refractivity (Wildman–Crippen MR) is 95.6 cm³/mol. The van der Waals surface area contributed by atoms with Gasteiger partial charge in [-0.25, -0.2) is 0 Å². The third kappa shape index (κ3) is 5.45. The Morgan fingerprint density at radius 1 is 0.960 bits per heavy atom. The van der Waals surface area contributed by atoms with Gasteiger partial charge in [-0.05, 0) is 24.6 Å². The summed E-state index contributed by atoms with van der Waals surface area (Å²) in [5, 5.41) is 14.8. The Bertz CT molecular complexity index is 763. The number of amides is 3. The van der Waals surface area contributed by atoms with Gasteiger partial charge in [-0.2, -0.15) is 5.10 Å². The van der Waals surface area contributed by atoms with E-state index in [-0.39, 0.29) is 17.4 Å². The summed E-state index contributed by atoms with van der Waals surface area (Å²) in [6.45, 7) is 4.78. The van der Waals surface area contributed by atoms with Crippen LogP contribution in [0.4, 0.5) is 17.2 Å². The van der Waals surface area contributed by atoms with Gasteiger partial charge in [0.1, 0.15) is 0 Å². The molecular formula is C17H21N5O3. The van der Waals surface area contributed by atoms with E-state index >= 15 is 0 Å². The van der Waals surface area contributed by atoms with Crippen molar-refractivity contribution < 1.29 is 14.4 Å². The second-order valence-corrected chi connectivity index (χ2v) is 5.64. The molecular weight excluding hydrogens is 322 g/mol. The summed E-state index contributed by atoms with van der Waals surface area (Å²) >= 11 is 0. The summed E-state index contributed by atoms with van der Waals surface area (Å²) in [6.07, 6.45) is 1.81. The molecule has 0 aliphatic heterocycles. The molecule has 0 atom stereocenters.